The zero-order valence-electron chi connectivity index (χ0n) is 11.6. The van der Waals surface area contributed by atoms with Crippen LogP contribution in [0.3, 0.4) is 0 Å². The summed E-state index contributed by atoms with van der Waals surface area (Å²) in [5, 5.41) is 19.3. The van der Waals surface area contributed by atoms with Crippen molar-refractivity contribution in [2.24, 2.45) is 11.3 Å². The second kappa shape index (κ2) is 4.69. The van der Waals surface area contributed by atoms with E-state index in [0.717, 1.165) is 32.1 Å². The third-order valence-corrected chi connectivity index (χ3v) is 5.61. The van der Waals surface area contributed by atoms with E-state index in [-0.39, 0.29) is 17.4 Å². The third-order valence-electron chi connectivity index (χ3n) is 5.61. The van der Waals surface area contributed by atoms with Crippen LogP contribution in [-0.2, 0) is 0 Å². The summed E-state index contributed by atoms with van der Waals surface area (Å²) in [4.78, 5) is 0. The summed E-state index contributed by atoms with van der Waals surface area (Å²) in [7, 11) is 0. The molecule has 2 saturated carbocycles. The van der Waals surface area contributed by atoms with Crippen molar-refractivity contribution in [3.63, 3.8) is 0 Å². The van der Waals surface area contributed by atoms with Crippen LogP contribution in [0.2, 0.25) is 0 Å². The van der Waals surface area contributed by atoms with Crippen LogP contribution >= 0.6 is 0 Å². The number of aliphatic hydroxyl groups is 1. The van der Waals surface area contributed by atoms with Crippen molar-refractivity contribution in [2.75, 3.05) is 0 Å². The maximum absolute atomic E-state index is 14.0. The molecule has 3 rings (SSSR count). The Kier molecular flexibility index (Phi) is 3.24. The second-order valence-corrected chi connectivity index (χ2v) is 6.57. The van der Waals surface area contributed by atoms with Gasteiger partial charge in [0.15, 0.2) is 11.6 Å². The highest BCUT2D eigenvalue weighted by molar-refractivity contribution is 5.32. The van der Waals surface area contributed by atoms with Gasteiger partial charge in [0.25, 0.3) is 0 Å². The SMILES string of the molecule is C[C@]12CC[C@H](c3ccc(O)c(F)c3F)C[C@@H]1CC[C@@H]2O. The van der Waals surface area contributed by atoms with Crippen LogP contribution in [0.1, 0.15) is 50.5 Å². The lowest BCUT2D eigenvalue weighted by atomic mass is 9.64. The molecule has 2 aliphatic rings. The van der Waals surface area contributed by atoms with Crippen LogP contribution < -0.4 is 0 Å². The molecule has 2 aliphatic carbocycles. The van der Waals surface area contributed by atoms with Gasteiger partial charge in [-0.1, -0.05) is 13.0 Å². The van der Waals surface area contributed by atoms with E-state index in [1.54, 1.807) is 0 Å². The monoisotopic (exact) mass is 282 g/mol. The number of halogens is 2. The lowest BCUT2D eigenvalue weighted by Crippen LogP contribution is -2.37. The molecule has 0 bridgehead atoms. The van der Waals surface area contributed by atoms with Gasteiger partial charge in [-0.15, -0.1) is 0 Å². The van der Waals surface area contributed by atoms with E-state index < -0.39 is 17.4 Å². The molecular formula is C16H20F2O2. The molecule has 2 fully saturated rings. The minimum absolute atomic E-state index is 0.0199. The first kappa shape index (κ1) is 13.8. The Bertz CT molecular complexity index is 531. The molecular weight excluding hydrogens is 262 g/mol. The highest BCUT2D eigenvalue weighted by Crippen LogP contribution is 2.55. The number of aromatic hydroxyl groups is 1. The lowest BCUT2D eigenvalue weighted by Gasteiger charge is -2.42. The zero-order chi connectivity index (χ0) is 14.5. The number of aliphatic hydroxyl groups excluding tert-OH is 1. The fraction of sp³-hybridized carbons (Fsp3) is 0.625. The Labute approximate surface area is 117 Å². The van der Waals surface area contributed by atoms with Gasteiger partial charge in [0, 0.05) is 0 Å². The molecule has 0 heterocycles. The molecule has 0 radical (unpaired) electrons. The Hall–Kier alpha value is -1.16. The van der Waals surface area contributed by atoms with Gasteiger partial charge in [0.05, 0.1) is 6.10 Å². The van der Waals surface area contributed by atoms with Crippen molar-refractivity contribution in [1.29, 1.82) is 0 Å². The Balaban J connectivity index is 1.86. The standard InChI is InChI=1S/C16H20F2O2/c1-16-7-6-9(8-10(16)2-5-13(16)20)11-3-4-12(19)15(18)14(11)17/h3-4,9-10,13,19-20H,2,5-8H2,1H3/t9-,10-,13-,16-/m0/s1. The number of benzene rings is 1. The molecule has 0 spiro atoms. The summed E-state index contributed by atoms with van der Waals surface area (Å²) in [6, 6.07) is 2.72. The maximum Gasteiger partial charge on any atom is 0.200 e. The first-order valence-electron chi connectivity index (χ1n) is 7.28. The van der Waals surface area contributed by atoms with Gasteiger partial charge in [-0.3, -0.25) is 0 Å². The molecule has 2 N–H and O–H groups in total. The topological polar surface area (TPSA) is 40.5 Å². The van der Waals surface area contributed by atoms with Gasteiger partial charge in [0.1, 0.15) is 0 Å². The first-order chi connectivity index (χ1) is 9.43. The van der Waals surface area contributed by atoms with Crippen LogP contribution in [0.25, 0.3) is 0 Å². The average molecular weight is 282 g/mol. The predicted octanol–water partition coefficient (Wildman–Crippen LogP) is 3.72. The smallest absolute Gasteiger partial charge is 0.200 e. The Morgan fingerprint density at radius 3 is 2.65 bits per heavy atom. The van der Waals surface area contributed by atoms with E-state index >= 15 is 0 Å². The number of phenols is 1. The fourth-order valence-corrected chi connectivity index (χ4v) is 4.15. The van der Waals surface area contributed by atoms with Gasteiger partial charge in [-0.05, 0) is 61.0 Å². The summed E-state index contributed by atoms with van der Waals surface area (Å²) in [6.45, 7) is 2.11. The minimum atomic E-state index is -1.15. The van der Waals surface area contributed by atoms with E-state index in [9.17, 15) is 19.0 Å². The molecule has 1 aromatic carbocycles. The van der Waals surface area contributed by atoms with Crippen molar-refractivity contribution in [1.82, 2.24) is 0 Å². The van der Waals surface area contributed by atoms with E-state index in [1.807, 2.05) is 0 Å². The van der Waals surface area contributed by atoms with Crippen LogP contribution in [-0.4, -0.2) is 16.3 Å². The highest BCUT2D eigenvalue weighted by Gasteiger charge is 2.49. The van der Waals surface area contributed by atoms with Gasteiger partial charge < -0.3 is 10.2 Å². The van der Waals surface area contributed by atoms with Gasteiger partial charge in [-0.2, -0.15) is 4.39 Å². The summed E-state index contributed by atoms with van der Waals surface area (Å²) < 4.78 is 27.5. The maximum atomic E-state index is 14.0. The minimum Gasteiger partial charge on any atom is -0.505 e. The highest BCUT2D eigenvalue weighted by atomic mass is 19.2. The molecule has 20 heavy (non-hydrogen) atoms. The van der Waals surface area contributed by atoms with Crippen LogP contribution in [0.4, 0.5) is 8.78 Å². The fourth-order valence-electron chi connectivity index (χ4n) is 4.15. The van der Waals surface area contributed by atoms with E-state index in [0.29, 0.717) is 11.5 Å². The summed E-state index contributed by atoms with van der Waals surface area (Å²) in [5.41, 5.74) is 0.298. The van der Waals surface area contributed by atoms with E-state index in [1.165, 1.54) is 12.1 Å². The molecule has 1 aromatic rings. The molecule has 0 amide bonds. The van der Waals surface area contributed by atoms with Crippen molar-refractivity contribution < 1.29 is 19.0 Å². The average Bonchev–Trinajstić information content (AvgIpc) is 2.72. The summed E-state index contributed by atoms with van der Waals surface area (Å²) in [6.07, 6.45) is 3.87. The van der Waals surface area contributed by atoms with Gasteiger partial charge >= 0.3 is 0 Å². The molecule has 0 aromatic heterocycles. The van der Waals surface area contributed by atoms with Crippen LogP contribution in [0, 0.1) is 23.0 Å². The van der Waals surface area contributed by atoms with E-state index in [2.05, 4.69) is 6.92 Å². The lowest BCUT2D eigenvalue weighted by molar-refractivity contribution is 0.00839. The zero-order valence-corrected chi connectivity index (χ0v) is 11.6. The van der Waals surface area contributed by atoms with Crippen molar-refractivity contribution in [3.05, 3.63) is 29.3 Å². The largest absolute Gasteiger partial charge is 0.505 e. The number of hydrogen-bond acceptors (Lipinski definition) is 2. The molecule has 2 nitrogen and oxygen atoms in total. The normalized spacial score (nSPS) is 36.9. The number of hydrogen-bond donors (Lipinski definition) is 2. The van der Waals surface area contributed by atoms with Crippen LogP contribution in [0.5, 0.6) is 5.75 Å². The third kappa shape index (κ3) is 1.93. The second-order valence-electron chi connectivity index (χ2n) is 6.57. The molecule has 110 valence electrons. The van der Waals surface area contributed by atoms with Gasteiger partial charge in [0.2, 0.25) is 5.82 Å². The number of phenolic OH excluding ortho intramolecular Hbond substituents is 1. The van der Waals surface area contributed by atoms with Crippen molar-refractivity contribution >= 4 is 0 Å². The van der Waals surface area contributed by atoms with Gasteiger partial charge in [-0.25, -0.2) is 4.39 Å². The number of rotatable bonds is 1. The first-order valence-corrected chi connectivity index (χ1v) is 7.28. The molecule has 4 atom stereocenters. The molecule has 0 aliphatic heterocycles. The van der Waals surface area contributed by atoms with Crippen LogP contribution in [0.15, 0.2) is 12.1 Å². The Morgan fingerprint density at radius 1 is 1.15 bits per heavy atom. The summed E-state index contributed by atoms with van der Waals surface area (Å²) in [5.74, 6) is -2.36. The predicted molar refractivity (Wildman–Crippen MR) is 71.5 cm³/mol. The van der Waals surface area contributed by atoms with Crippen molar-refractivity contribution in [2.45, 2.75) is 51.0 Å². The molecule has 0 saturated heterocycles. The number of fused-ring (bicyclic) bond motifs is 1. The molecule has 4 heteroatoms. The quantitative estimate of drug-likeness (QED) is 0.824. The molecule has 0 unspecified atom stereocenters. The Morgan fingerprint density at radius 2 is 1.90 bits per heavy atom. The van der Waals surface area contributed by atoms with E-state index in [4.69, 9.17) is 0 Å². The van der Waals surface area contributed by atoms with Crippen molar-refractivity contribution in [3.8, 4) is 5.75 Å². The summed E-state index contributed by atoms with van der Waals surface area (Å²) >= 11 is 0.